The molecule has 2 saturated carbocycles. The highest BCUT2D eigenvalue weighted by molar-refractivity contribution is 9.10. The van der Waals surface area contributed by atoms with Crippen LogP contribution in [-0.2, 0) is 9.22 Å². The molecule has 2 bridgehead atoms. The quantitative estimate of drug-likeness (QED) is 0.411. The maximum atomic E-state index is 14.0. The molecule has 1 aromatic rings. The summed E-state index contributed by atoms with van der Waals surface area (Å²) >= 11 is 3.57. The zero-order valence-corrected chi connectivity index (χ0v) is 21.3. The highest BCUT2D eigenvalue weighted by atomic mass is 79.9. The van der Waals surface area contributed by atoms with Gasteiger partial charge in [-0.1, -0.05) is 48.8 Å². The molecule has 0 radical (unpaired) electrons. The van der Waals surface area contributed by atoms with Crippen molar-refractivity contribution in [1.29, 1.82) is 0 Å². The Morgan fingerprint density at radius 3 is 2.21 bits per heavy atom. The van der Waals surface area contributed by atoms with Gasteiger partial charge in [-0.25, -0.2) is 0 Å². The van der Waals surface area contributed by atoms with Gasteiger partial charge in [0.15, 0.2) is 14.1 Å². The lowest BCUT2D eigenvalue weighted by Gasteiger charge is -2.51. The van der Waals surface area contributed by atoms with Crippen LogP contribution < -0.4 is 4.74 Å². The Kier molecular flexibility index (Phi) is 5.92. The predicted molar refractivity (Wildman–Crippen MR) is 122 cm³/mol. The third kappa shape index (κ3) is 3.54. The van der Waals surface area contributed by atoms with Gasteiger partial charge in [0.1, 0.15) is 16.2 Å². The molecule has 0 amide bonds. The van der Waals surface area contributed by atoms with Gasteiger partial charge in [0.2, 0.25) is 0 Å². The fraction of sp³-hybridized carbons (Fsp3) is 0.696. The van der Waals surface area contributed by atoms with Crippen LogP contribution in [0.4, 0.5) is 0 Å². The Labute approximate surface area is 184 Å². The summed E-state index contributed by atoms with van der Waals surface area (Å²) < 4.78 is 12.0. The maximum absolute atomic E-state index is 14.0. The van der Waals surface area contributed by atoms with Gasteiger partial charge in [0, 0.05) is 5.41 Å². The Morgan fingerprint density at radius 2 is 1.79 bits per heavy atom. The highest BCUT2D eigenvalue weighted by Crippen LogP contribution is 2.71. The molecule has 0 spiro atoms. The van der Waals surface area contributed by atoms with Crippen molar-refractivity contribution in [3.05, 3.63) is 29.8 Å². The number of fused-ring (bicyclic) bond motifs is 2. The van der Waals surface area contributed by atoms with Crippen molar-refractivity contribution >= 4 is 30.0 Å². The first-order valence-corrected chi connectivity index (χ1v) is 14.8. The van der Waals surface area contributed by atoms with Crippen molar-refractivity contribution in [1.82, 2.24) is 0 Å². The van der Waals surface area contributed by atoms with Gasteiger partial charge in [0.25, 0.3) is 0 Å². The summed E-state index contributed by atoms with van der Waals surface area (Å²) in [5, 5.41) is 11.0. The number of ether oxygens (including phenoxy) is 1. The van der Waals surface area contributed by atoms with E-state index in [4.69, 9.17) is 9.16 Å². The molecule has 5 atom stereocenters. The van der Waals surface area contributed by atoms with E-state index in [1.807, 2.05) is 12.1 Å². The van der Waals surface area contributed by atoms with Crippen molar-refractivity contribution in [3.8, 4) is 5.75 Å². The van der Waals surface area contributed by atoms with Gasteiger partial charge in [-0.15, -0.1) is 0 Å². The summed E-state index contributed by atoms with van der Waals surface area (Å²) in [5.74, 6) is 1.17. The molecule has 6 heteroatoms. The lowest BCUT2D eigenvalue weighted by molar-refractivity contribution is -0.152. The number of hydrogen-bond donors (Lipinski definition) is 1. The number of Topliss-reactive ketones (excluding diaryl/α,β-unsaturated/α-hetero) is 1. The number of carbonyl (C=O) groups is 1. The monoisotopic (exact) mass is 482 g/mol. The summed E-state index contributed by atoms with van der Waals surface area (Å²) in [4.78, 5) is 13.3. The third-order valence-corrected chi connectivity index (χ3v) is 9.60. The topological polar surface area (TPSA) is 55.8 Å². The van der Waals surface area contributed by atoms with E-state index in [0.717, 1.165) is 25.0 Å². The van der Waals surface area contributed by atoms with Crippen LogP contribution in [-0.4, -0.2) is 36.7 Å². The summed E-state index contributed by atoms with van der Waals surface area (Å²) in [7, 11) is -0.408. The largest absolute Gasteiger partial charge is 0.497 e. The lowest BCUT2D eigenvalue weighted by Crippen LogP contribution is -2.61. The number of alkyl halides is 1. The SMILES string of the molecule is COc1ccc([C@@H](O)[C@@H](Br)C(=O)[C@@]2(O[Si](C)(C)C)C[C@H]3CC[C@]2(C)C3(C)C)cc1. The number of aliphatic hydroxyl groups is 1. The van der Waals surface area contributed by atoms with E-state index in [-0.39, 0.29) is 16.6 Å². The number of aliphatic hydroxyl groups excluding tert-OH is 1. The molecule has 1 N–H and O–H groups in total. The number of hydrogen-bond acceptors (Lipinski definition) is 4. The lowest BCUT2D eigenvalue weighted by atomic mass is 9.62. The van der Waals surface area contributed by atoms with Crippen molar-refractivity contribution in [3.63, 3.8) is 0 Å². The number of methoxy groups -OCH3 is 1. The molecular weight excluding hydrogens is 448 g/mol. The standard InChI is InChI=1S/C23H35BrO4Si/c1-21(2)16-12-13-22(21,3)23(14-16,28-29(5,6)7)20(26)18(24)19(25)15-8-10-17(27-4)11-9-15/h8-11,16,18-19,25H,12-14H2,1-7H3/t16-,18-,19-,22-,23+/m1/s1. The molecule has 0 aliphatic heterocycles. The van der Waals surface area contributed by atoms with E-state index in [9.17, 15) is 9.90 Å². The smallest absolute Gasteiger partial charge is 0.185 e. The first-order chi connectivity index (χ1) is 13.3. The van der Waals surface area contributed by atoms with Crippen molar-refractivity contribution in [2.24, 2.45) is 16.7 Å². The summed E-state index contributed by atoms with van der Waals surface area (Å²) in [5.41, 5.74) is -0.379. The molecule has 2 aliphatic carbocycles. The number of ketones is 1. The minimum absolute atomic E-state index is 0.0129. The van der Waals surface area contributed by atoms with Crippen LogP contribution >= 0.6 is 15.9 Å². The number of rotatable bonds is 7. The van der Waals surface area contributed by atoms with Crippen molar-refractivity contribution < 1.29 is 19.1 Å². The van der Waals surface area contributed by atoms with Crippen LogP contribution in [0.3, 0.4) is 0 Å². The Bertz CT molecular complexity index is 772. The predicted octanol–water partition coefficient (Wildman–Crippen LogP) is 5.50. The third-order valence-electron chi connectivity index (χ3n) is 7.72. The fourth-order valence-corrected chi connectivity index (χ4v) is 7.81. The summed E-state index contributed by atoms with van der Waals surface area (Å²) in [6.45, 7) is 13.2. The molecular formula is C23H35BrO4Si. The van der Waals surface area contributed by atoms with E-state index in [2.05, 4.69) is 56.3 Å². The van der Waals surface area contributed by atoms with Crippen molar-refractivity contribution in [2.45, 2.75) is 76.2 Å². The fourth-order valence-electron chi connectivity index (χ4n) is 5.68. The molecule has 162 valence electrons. The highest BCUT2D eigenvalue weighted by Gasteiger charge is 2.73. The summed E-state index contributed by atoms with van der Waals surface area (Å²) in [6, 6.07) is 7.23. The average Bonchev–Trinajstić information content (AvgIpc) is 2.97. The molecule has 2 fully saturated rings. The van der Waals surface area contributed by atoms with Gasteiger partial charge < -0.3 is 14.3 Å². The van der Waals surface area contributed by atoms with Crippen LogP contribution in [0.15, 0.2) is 24.3 Å². The average molecular weight is 484 g/mol. The zero-order valence-electron chi connectivity index (χ0n) is 18.7. The Balaban J connectivity index is 1.97. The van der Waals surface area contributed by atoms with Crippen LogP contribution in [0.2, 0.25) is 19.6 Å². The molecule has 0 unspecified atom stereocenters. The molecule has 0 saturated heterocycles. The summed E-state index contributed by atoms with van der Waals surface area (Å²) in [6.07, 6.45) is 1.93. The van der Waals surface area contributed by atoms with Gasteiger partial charge in [0.05, 0.1) is 13.2 Å². The number of carbonyl (C=O) groups excluding carboxylic acids is 1. The van der Waals surface area contributed by atoms with E-state index < -0.39 is 24.8 Å². The van der Waals surface area contributed by atoms with Crippen LogP contribution in [0.5, 0.6) is 5.75 Å². The minimum atomic E-state index is -2.02. The molecule has 0 aromatic heterocycles. The number of benzene rings is 1. The molecule has 1 aromatic carbocycles. The van der Waals surface area contributed by atoms with Gasteiger partial charge in [-0.2, -0.15) is 0 Å². The number of halogens is 1. The van der Waals surface area contributed by atoms with E-state index in [0.29, 0.717) is 11.5 Å². The normalized spacial score (nSPS) is 32.8. The van der Waals surface area contributed by atoms with E-state index >= 15 is 0 Å². The second-order valence-corrected chi connectivity index (χ2v) is 15.9. The van der Waals surface area contributed by atoms with Gasteiger partial charge in [-0.3, -0.25) is 4.79 Å². The van der Waals surface area contributed by atoms with Gasteiger partial charge in [-0.05, 0) is 67.9 Å². The zero-order chi connectivity index (χ0) is 21.8. The van der Waals surface area contributed by atoms with Crippen LogP contribution in [0, 0.1) is 16.7 Å². The second-order valence-electron chi connectivity index (χ2n) is 10.5. The molecule has 2 aliphatic rings. The van der Waals surface area contributed by atoms with E-state index in [1.165, 1.54) is 0 Å². The molecule has 0 heterocycles. The van der Waals surface area contributed by atoms with Gasteiger partial charge >= 0.3 is 0 Å². The first-order valence-electron chi connectivity index (χ1n) is 10.5. The molecule has 29 heavy (non-hydrogen) atoms. The Hall–Kier alpha value is -0.693. The molecule has 3 rings (SSSR count). The first kappa shape index (κ1) is 23.0. The Morgan fingerprint density at radius 1 is 1.21 bits per heavy atom. The van der Waals surface area contributed by atoms with E-state index in [1.54, 1.807) is 19.2 Å². The van der Waals surface area contributed by atoms with Crippen LogP contribution in [0.25, 0.3) is 0 Å². The molecule has 4 nitrogen and oxygen atoms in total. The van der Waals surface area contributed by atoms with Crippen LogP contribution in [0.1, 0.15) is 51.7 Å². The maximum Gasteiger partial charge on any atom is 0.185 e. The second kappa shape index (κ2) is 7.47. The van der Waals surface area contributed by atoms with Crippen molar-refractivity contribution in [2.75, 3.05) is 7.11 Å². The minimum Gasteiger partial charge on any atom is -0.497 e.